The summed E-state index contributed by atoms with van der Waals surface area (Å²) in [6.45, 7) is 9.68. The first kappa shape index (κ1) is 17.7. The van der Waals surface area contributed by atoms with Gasteiger partial charge in [-0.05, 0) is 33.8 Å². The van der Waals surface area contributed by atoms with Crippen LogP contribution in [0.1, 0.15) is 38.2 Å². The number of ether oxygens (including phenoxy) is 1. The predicted octanol–water partition coefficient (Wildman–Crippen LogP) is 3.18. The fraction of sp³-hybridized carbons (Fsp3) is 0.500. The van der Waals surface area contributed by atoms with E-state index in [1.54, 1.807) is 4.90 Å². The number of hydrogen-bond donors (Lipinski definition) is 1. The summed E-state index contributed by atoms with van der Waals surface area (Å²) >= 11 is 0. The van der Waals surface area contributed by atoms with E-state index >= 15 is 0 Å². The van der Waals surface area contributed by atoms with Gasteiger partial charge < -0.3 is 20.3 Å². The standard InChI is InChI=1S/C20H27N5O2/c1-12-17-14-7-6-8-15(21)18(14)23(5)11-16(17)25(22-12)13-9-24(10-13)19(26)27-20(2,3)4/h6-8,13H,9-11,21H2,1-5H3. The van der Waals surface area contributed by atoms with Crippen molar-refractivity contribution < 1.29 is 9.53 Å². The maximum absolute atomic E-state index is 12.2. The molecular weight excluding hydrogens is 342 g/mol. The molecule has 0 atom stereocenters. The van der Waals surface area contributed by atoms with Crippen molar-refractivity contribution in [2.45, 2.75) is 45.9 Å². The Morgan fingerprint density at radius 3 is 2.67 bits per heavy atom. The molecule has 1 amide bonds. The molecule has 0 bridgehead atoms. The molecule has 2 aromatic rings. The largest absolute Gasteiger partial charge is 0.444 e. The van der Waals surface area contributed by atoms with E-state index in [0.717, 1.165) is 29.2 Å². The Balaban J connectivity index is 1.60. The van der Waals surface area contributed by atoms with Crippen molar-refractivity contribution in [2.24, 2.45) is 0 Å². The fourth-order valence-electron chi connectivity index (χ4n) is 3.98. The third-order valence-corrected chi connectivity index (χ3v) is 5.15. The summed E-state index contributed by atoms with van der Waals surface area (Å²) in [7, 11) is 2.05. The van der Waals surface area contributed by atoms with Crippen molar-refractivity contribution in [1.29, 1.82) is 0 Å². The Morgan fingerprint density at radius 2 is 2.00 bits per heavy atom. The number of aromatic nitrogens is 2. The molecule has 2 aliphatic heterocycles. The Hall–Kier alpha value is -2.70. The van der Waals surface area contributed by atoms with E-state index in [-0.39, 0.29) is 12.1 Å². The molecule has 4 rings (SSSR count). The number of benzene rings is 1. The van der Waals surface area contributed by atoms with E-state index in [1.807, 2.05) is 39.8 Å². The number of nitrogens with zero attached hydrogens (tertiary/aromatic N) is 4. The zero-order valence-corrected chi connectivity index (χ0v) is 16.6. The highest BCUT2D eigenvalue weighted by Gasteiger charge is 2.38. The molecule has 7 heteroatoms. The molecule has 0 spiro atoms. The third kappa shape index (κ3) is 2.91. The van der Waals surface area contributed by atoms with Gasteiger partial charge in [-0.3, -0.25) is 4.68 Å². The van der Waals surface area contributed by atoms with Crippen molar-refractivity contribution in [2.75, 3.05) is 30.8 Å². The molecule has 3 heterocycles. The second-order valence-corrected chi connectivity index (χ2v) is 8.49. The Morgan fingerprint density at radius 1 is 1.30 bits per heavy atom. The van der Waals surface area contributed by atoms with Crippen LogP contribution in [0.25, 0.3) is 11.1 Å². The summed E-state index contributed by atoms with van der Waals surface area (Å²) in [5, 5.41) is 4.82. The molecule has 0 saturated carbocycles. The highest BCUT2D eigenvalue weighted by molar-refractivity contribution is 5.90. The lowest BCUT2D eigenvalue weighted by Gasteiger charge is -2.41. The van der Waals surface area contributed by atoms with Crippen molar-refractivity contribution in [3.63, 3.8) is 0 Å². The van der Waals surface area contributed by atoms with Gasteiger partial charge in [-0.25, -0.2) is 4.79 Å². The Kier molecular flexibility index (Phi) is 3.87. The number of rotatable bonds is 1. The van der Waals surface area contributed by atoms with Crippen molar-refractivity contribution in [3.05, 3.63) is 29.6 Å². The monoisotopic (exact) mass is 369 g/mol. The minimum absolute atomic E-state index is 0.177. The number of nitrogens with two attached hydrogens (primary N) is 1. The number of hydrogen-bond acceptors (Lipinski definition) is 5. The average molecular weight is 369 g/mol. The Labute approximate surface area is 159 Å². The van der Waals surface area contributed by atoms with Gasteiger partial charge in [0.25, 0.3) is 0 Å². The van der Waals surface area contributed by atoms with Crippen molar-refractivity contribution >= 4 is 17.5 Å². The first-order valence-corrected chi connectivity index (χ1v) is 9.31. The van der Waals surface area contributed by atoms with Gasteiger partial charge in [0.2, 0.25) is 0 Å². The summed E-state index contributed by atoms with van der Waals surface area (Å²) in [6.07, 6.45) is -0.258. The zero-order chi connectivity index (χ0) is 19.5. The lowest BCUT2D eigenvalue weighted by Crippen LogP contribution is -2.52. The summed E-state index contributed by atoms with van der Waals surface area (Å²) in [5.41, 5.74) is 12.1. The van der Waals surface area contributed by atoms with Crippen LogP contribution in [0.5, 0.6) is 0 Å². The van der Waals surface area contributed by atoms with Crippen LogP contribution in [0.3, 0.4) is 0 Å². The molecule has 144 valence electrons. The minimum Gasteiger partial charge on any atom is -0.444 e. The van der Waals surface area contributed by atoms with Gasteiger partial charge in [-0.15, -0.1) is 0 Å². The summed E-state index contributed by atoms with van der Waals surface area (Å²) in [5.74, 6) is 0. The molecule has 0 unspecified atom stereocenters. The van der Waals surface area contributed by atoms with Crippen LogP contribution in [0, 0.1) is 6.92 Å². The topological polar surface area (TPSA) is 76.6 Å². The molecule has 7 nitrogen and oxygen atoms in total. The number of anilines is 2. The van der Waals surface area contributed by atoms with Gasteiger partial charge in [0, 0.05) is 31.3 Å². The third-order valence-electron chi connectivity index (χ3n) is 5.15. The van der Waals surface area contributed by atoms with E-state index in [0.29, 0.717) is 13.1 Å². The number of aryl methyl sites for hydroxylation is 1. The van der Waals surface area contributed by atoms with Gasteiger partial charge in [-0.1, -0.05) is 12.1 Å². The maximum Gasteiger partial charge on any atom is 0.410 e. The molecular formula is C20H27N5O2. The second-order valence-electron chi connectivity index (χ2n) is 8.49. The van der Waals surface area contributed by atoms with Gasteiger partial charge in [-0.2, -0.15) is 5.10 Å². The number of likely N-dealkylation sites (tertiary alicyclic amines) is 1. The molecule has 0 aliphatic carbocycles. The highest BCUT2D eigenvalue weighted by atomic mass is 16.6. The maximum atomic E-state index is 12.2. The number of carbonyl (C=O) groups excluding carboxylic acids is 1. The van der Waals surface area contributed by atoms with E-state index in [4.69, 9.17) is 15.6 Å². The quantitative estimate of drug-likeness (QED) is 0.781. The Bertz CT molecular complexity index is 906. The summed E-state index contributed by atoms with van der Waals surface area (Å²) in [4.78, 5) is 16.1. The minimum atomic E-state index is -0.476. The number of para-hydroxylation sites is 1. The van der Waals surface area contributed by atoms with Crippen LogP contribution in [0.2, 0.25) is 0 Å². The number of amides is 1. The fourth-order valence-corrected chi connectivity index (χ4v) is 3.98. The lowest BCUT2D eigenvalue weighted by molar-refractivity contribution is -0.000776. The highest BCUT2D eigenvalue weighted by Crippen LogP contribution is 2.44. The van der Waals surface area contributed by atoms with Crippen LogP contribution >= 0.6 is 0 Å². The molecule has 1 aromatic carbocycles. The molecule has 1 saturated heterocycles. The molecule has 2 N–H and O–H groups in total. The predicted molar refractivity (Wildman–Crippen MR) is 106 cm³/mol. The first-order valence-electron chi connectivity index (χ1n) is 9.31. The van der Waals surface area contributed by atoms with E-state index in [2.05, 4.69) is 22.7 Å². The second kappa shape index (κ2) is 5.90. The molecule has 1 fully saturated rings. The van der Waals surface area contributed by atoms with Gasteiger partial charge >= 0.3 is 6.09 Å². The smallest absolute Gasteiger partial charge is 0.410 e. The number of nitrogen functional groups attached to an aromatic ring is 1. The molecule has 27 heavy (non-hydrogen) atoms. The van der Waals surface area contributed by atoms with E-state index < -0.39 is 5.60 Å². The van der Waals surface area contributed by atoms with E-state index in [1.165, 1.54) is 11.3 Å². The number of carbonyl (C=O) groups is 1. The first-order chi connectivity index (χ1) is 12.7. The SMILES string of the molecule is Cc1nn(C2CN(C(=O)OC(C)(C)C)C2)c2c1-c1cccc(N)c1N(C)C2. The lowest BCUT2D eigenvalue weighted by atomic mass is 9.95. The molecule has 2 aliphatic rings. The molecule has 1 aromatic heterocycles. The normalized spacial score (nSPS) is 16.6. The van der Waals surface area contributed by atoms with Crippen LogP contribution in [-0.4, -0.2) is 46.5 Å². The van der Waals surface area contributed by atoms with Crippen LogP contribution in [0.4, 0.5) is 16.2 Å². The van der Waals surface area contributed by atoms with Gasteiger partial charge in [0.1, 0.15) is 5.60 Å². The zero-order valence-electron chi connectivity index (χ0n) is 16.6. The van der Waals surface area contributed by atoms with Crippen LogP contribution < -0.4 is 10.6 Å². The van der Waals surface area contributed by atoms with Crippen molar-refractivity contribution in [1.82, 2.24) is 14.7 Å². The van der Waals surface area contributed by atoms with Gasteiger partial charge in [0.15, 0.2) is 0 Å². The van der Waals surface area contributed by atoms with E-state index in [9.17, 15) is 4.79 Å². The van der Waals surface area contributed by atoms with Gasteiger partial charge in [0.05, 0.1) is 35.3 Å². The molecule has 0 radical (unpaired) electrons. The van der Waals surface area contributed by atoms with Crippen molar-refractivity contribution in [3.8, 4) is 11.1 Å². The van der Waals surface area contributed by atoms with Crippen LogP contribution in [0.15, 0.2) is 18.2 Å². The summed E-state index contributed by atoms with van der Waals surface area (Å²) in [6, 6.07) is 6.20. The number of fused-ring (bicyclic) bond motifs is 3. The average Bonchev–Trinajstić information content (AvgIpc) is 2.80. The summed E-state index contributed by atoms with van der Waals surface area (Å²) < 4.78 is 7.55. The van der Waals surface area contributed by atoms with Crippen LogP contribution in [-0.2, 0) is 11.3 Å².